The van der Waals surface area contributed by atoms with Gasteiger partial charge in [0.15, 0.2) is 0 Å². The summed E-state index contributed by atoms with van der Waals surface area (Å²) in [6, 6.07) is 10.9. The van der Waals surface area contributed by atoms with Gasteiger partial charge >= 0.3 is 0 Å². The van der Waals surface area contributed by atoms with Gasteiger partial charge in [0.05, 0.1) is 12.0 Å². The van der Waals surface area contributed by atoms with Crippen LogP contribution >= 0.6 is 0 Å². The maximum absolute atomic E-state index is 9.02. The van der Waals surface area contributed by atoms with E-state index in [0.717, 1.165) is 13.1 Å². The Bertz CT molecular complexity index is 434. The molecule has 1 aromatic carbocycles. The number of likely N-dealkylation sites (N-methyl/N-ethyl adjacent to an activating group) is 1. The lowest BCUT2D eigenvalue weighted by molar-refractivity contribution is 0.172. The molecule has 0 fully saturated rings. The predicted octanol–water partition coefficient (Wildman–Crippen LogP) is 2.86. The number of hydrogen-bond acceptors (Lipinski definition) is 3. The van der Waals surface area contributed by atoms with Crippen molar-refractivity contribution in [2.45, 2.75) is 39.8 Å². The summed E-state index contributed by atoms with van der Waals surface area (Å²) in [7, 11) is 0. The minimum atomic E-state index is 0.0187. The highest BCUT2D eigenvalue weighted by atomic mass is 15.2. The zero-order valence-electron chi connectivity index (χ0n) is 12.4. The normalized spacial score (nSPS) is 15.8. The lowest BCUT2D eigenvalue weighted by atomic mass is 9.94. The Hall–Kier alpha value is -1.37. The Balaban J connectivity index is 3.06. The first-order valence-corrected chi connectivity index (χ1v) is 6.96. The van der Waals surface area contributed by atoms with Crippen molar-refractivity contribution < 1.29 is 0 Å². The van der Waals surface area contributed by atoms with E-state index in [-0.39, 0.29) is 18.0 Å². The third kappa shape index (κ3) is 4.05. The van der Waals surface area contributed by atoms with Gasteiger partial charge in [-0.2, -0.15) is 5.26 Å². The van der Waals surface area contributed by atoms with Gasteiger partial charge in [0, 0.05) is 18.6 Å². The van der Waals surface area contributed by atoms with Gasteiger partial charge < -0.3 is 5.73 Å². The van der Waals surface area contributed by atoms with E-state index in [0.29, 0.717) is 0 Å². The SMILES string of the molecule is CCN(CC(C)C#N)C(c1ccccc1C)C(C)N. The molecular weight excluding hydrogens is 234 g/mol. The molecule has 0 aliphatic rings. The largest absolute Gasteiger partial charge is 0.326 e. The fourth-order valence-corrected chi connectivity index (χ4v) is 2.56. The molecule has 0 saturated heterocycles. The number of aryl methyl sites for hydroxylation is 1. The molecule has 0 aliphatic heterocycles. The van der Waals surface area contributed by atoms with Crippen LogP contribution in [-0.2, 0) is 0 Å². The molecule has 0 aliphatic carbocycles. The van der Waals surface area contributed by atoms with Crippen molar-refractivity contribution in [3.05, 3.63) is 35.4 Å². The van der Waals surface area contributed by atoms with Crippen molar-refractivity contribution in [3.63, 3.8) is 0 Å². The van der Waals surface area contributed by atoms with Crippen LogP contribution in [0.5, 0.6) is 0 Å². The molecule has 3 unspecified atom stereocenters. The third-order valence-electron chi connectivity index (χ3n) is 3.53. The minimum Gasteiger partial charge on any atom is -0.326 e. The second-order valence-electron chi connectivity index (χ2n) is 5.28. The zero-order chi connectivity index (χ0) is 14.4. The van der Waals surface area contributed by atoms with E-state index in [1.165, 1.54) is 11.1 Å². The Morgan fingerprint density at radius 2 is 1.95 bits per heavy atom. The minimum absolute atomic E-state index is 0.0187. The second kappa shape index (κ2) is 7.28. The summed E-state index contributed by atoms with van der Waals surface area (Å²) < 4.78 is 0. The molecule has 0 saturated carbocycles. The summed E-state index contributed by atoms with van der Waals surface area (Å²) in [4.78, 5) is 2.31. The van der Waals surface area contributed by atoms with Gasteiger partial charge in [-0.3, -0.25) is 4.90 Å². The molecule has 2 N–H and O–H groups in total. The average Bonchev–Trinajstić information content (AvgIpc) is 2.39. The molecule has 1 aromatic rings. The second-order valence-corrected chi connectivity index (χ2v) is 5.28. The highest BCUT2D eigenvalue weighted by molar-refractivity contribution is 5.30. The molecule has 0 aromatic heterocycles. The first kappa shape index (κ1) is 15.7. The maximum Gasteiger partial charge on any atom is 0.0666 e. The molecule has 1 rings (SSSR count). The number of hydrogen-bond donors (Lipinski definition) is 1. The summed E-state index contributed by atoms with van der Waals surface area (Å²) in [6.07, 6.45) is 0. The molecule has 0 radical (unpaired) electrons. The summed E-state index contributed by atoms with van der Waals surface area (Å²) in [5, 5.41) is 9.02. The zero-order valence-corrected chi connectivity index (χ0v) is 12.4. The molecule has 0 heterocycles. The molecule has 3 atom stereocenters. The predicted molar refractivity (Wildman–Crippen MR) is 79.6 cm³/mol. The first-order valence-electron chi connectivity index (χ1n) is 6.96. The van der Waals surface area contributed by atoms with Crippen LogP contribution in [0.2, 0.25) is 0 Å². The van der Waals surface area contributed by atoms with Crippen molar-refractivity contribution >= 4 is 0 Å². The fourth-order valence-electron chi connectivity index (χ4n) is 2.56. The lowest BCUT2D eigenvalue weighted by Crippen LogP contribution is -2.41. The Morgan fingerprint density at radius 3 is 2.42 bits per heavy atom. The summed E-state index contributed by atoms with van der Waals surface area (Å²) >= 11 is 0. The van der Waals surface area contributed by atoms with Crippen LogP contribution in [0.4, 0.5) is 0 Å². The van der Waals surface area contributed by atoms with Crippen LogP contribution < -0.4 is 5.73 Å². The van der Waals surface area contributed by atoms with Gasteiger partial charge in [0.25, 0.3) is 0 Å². The number of benzene rings is 1. The smallest absolute Gasteiger partial charge is 0.0666 e. The Kier molecular flexibility index (Phi) is 6.01. The van der Waals surface area contributed by atoms with Gasteiger partial charge in [-0.1, -0.05) is 31.2 Å². The van der Waals surface area contributed by atoms with E-state index in [2.05, 4.69) is 43.0 Å². The molecule has 104 valence electrons. The average molecular weight is 259 g/mol. The van der Waals surface area contributed by atoms with E-state index in [4.69, 9.17) is 11.0 Å². The number of rotatable bonds is 6. The summed E-state index contributed by atoms with van der Waals surface area (Å²) in [5.74, 6) is 0.0187. The number of nitrogens with two attached hydrogens (primary N) is 1. The van der Waals surface area contributed by atoms with Crippen molar-refractivity contribution in [3.8, 4) is 6.07 Å². The molecule has 3 nitrogen and oxygen atoms in total. The third-order valence-corrected chi connectivity index (χ3v) is 3.53. The molecule has 0 amide bonds. The van der Waals surface area contributed by atoms with Gasteiger partial charge in [0.2, 0.25) is 0 Å². The highest BCUT2D eigenvalue weighted by Crippen LogP contribution is 2.26. The summed E-state index contributed by atoms with van der Waals surface area (Å²) in [6.45, 7) is 9.89. The van der Waals surface area contributed by atoms with Crippen molar-refractivity contribution in [1.82, 2.24) is 4.90 Å². The van der Waals surface area contributed by atoms with Gasteiger partial charge in [-0.25, -0.2) is 0 Å². The van der Waals surface area contributed by atoms with Gasteiger partial charge in [-0.05, 0) is 38.4 Å². The van der Waals surface area contributed by atoms with E-state index in [9.17, 15) is 0 Å². The lowest BCUT2D eigenvalue weighted by Gasteiger charge is -2.35. The van der Waals surface area contributed by atoms with Crippen LogP contribution in [0.1, 0.15) is 37.9 Å². The van der Waals surface area contributed by atoms with Crippen LogP contribution in [0.25, 0.3) is 0 Å². The van der Waals surface area contributed by atoms with Crippen molar-refractivity contribution in [2.75, 3.05) is 13.1 Å². The van der Waals surface area contributed by atoms with E-state index >= 15 is 0 Å². The standard InChI is InChI=1S/C16H25N3/c1-5-19(11-12(2)10-17)16(14(4)18)15-9-7-6-8-13(15)3/h6-9,12,14,16H,5,11,18H2,1-4H3. The van der Waals surface area contributed by atoms with Crippen LogP contribution in [0, 0.1) is 24.2 Å². The summed E-state index contributed by atoms with van der Waals surface area (Å²) in [5.41, 5.74) is 8.73. The van der Waals surface area contributed by atoms with Gasteiger partial charge in [0.1, 0.15) is 0 Å². The number of nitrogens with zero attached hydrogens (tertiary/aromatic N) is 2. The maximum atomic E-state index is 9.02. The highest BCUT2D eigenvalue weighted by Gasteiger charge is 2.25. The van der Waals surface area contributed by atoms with Crippen molar-refractivity contribution in [2.24, 2.45) is 11.7 Å². The molecule has 0 spiro atoms. The molecular formula is C16H25N3. The molecule has 3 heteroatoms. The Morgan fingerprint density at radius 1 is 1.32 bits per heavy atom. The van der Waals surface area contributed by atoms with E-state index < -0.39 is 0 Å². The quantitative estimate of drug-likeness (QED) is 0.854. The van der Waals surface area contributed by atoms with Crippen LogP contribution in [0.3, 0.4) is 0 Å². The molecule has 19 heavy (non-hydrogen) atoms. The van der Waals surface area contributed by atoms with Gasteiger partial charge in [-0.15, -0.1) is 0 Å². The monoisotopic (exact) mass is 259 g/mol. The van der Waals surface area contributed by atoms with Crippen molar-refractivity contribution in [1.29, 1.82) is 5.26 Å². The fraction of sp³-hybridized carbons (Fsp3) is 0.562. The van der Waals surface area contributed by atoms with E-state index in [1.54, 1.807) is 0 Å². The van der Waals surface area contributed by atoms with Crippen LogP contribution in [-0.4, -0.2) is 24.0 Å². The van der Waals surface area contributed by atoms with E-state index in [1.807, 2.05) is 19.9 Å². The topological polar surface area (TPSA) is 53.0 Å². The Labute approximate surface area is 117 Å². The molecule has 0 bridgehead atoms. The number of nitriles is 1. The van der Waals surface area contributed by atoms with Crippen LogP contribution in [0.15, 0.2) is 24.3 Å². The first-order chi connectivity index (χ1) is 9.01.